The lowest BCUT2D eigenvalue weighted by Crippen LogP contribution is -2.47. The fraction of sp³-hybridized carbons (Fsp3) is 0.462. The van der Waals surface area contributed by atoms with Crippen molar-refractivity contribution in [3.8, 4) is 0 Å². The van der Waals surface area contributed by atoms with Gasteiger partial charge in [-0.1, -0.05) is 0 Å². The second-order valence-corrected chi connectivity index (χ2v) is 4.83. The van der Waals surface area contributed by atoms with Crippen LogP contribution in [0.2, 0.25) is 0 Å². The van der Waals surface area contributed by atoms with E-state index >= 15 is 0 Å². The number of benzene rings is 1. The van der Waals surface area contributed by atoms with Crippen LogP contribution in [0.1, 0.15) is 23.2 Å². The van der Waals surface area contributed by atoms with Crippen LogP contribution in [-0.2, 0) is 4.74 Å². The van der Waals surface area contributed by atoms with Crippen LogP contribution in [0.5, 0.6) is 0 Å². The standard InChI is InChI=1S/C13H16N2O5/c16-8-10-1-2-11(12(7-10)15(18)19)14-13(9-17)3-5-20-6-4-13/h1-2,7-8,14,17H,3-6,9H2. The molecule has 0 aliphatic carbocycles. The summed E-state index contributed by atoms with van der Waals surface area (Å²) in [4.78, 5) is 21.2. The van der Waals surface area contributed by atoms with Crippen LogP contribution < -0.4 is 5.32 Å². The zero-order chi connectivity index (χ0) is 14.6. The molecule has 2 rings (SSSR count). The molecule has 2 N–H and O–H groups in total. The maximum atomic E-state index is 11.1. The number of hydrogen-bond donors (Lipinski definition) is 2. The first kappa shape index (κ1) is 14.4. The van der Waals surface area contributed by atoms with Crippen LogP contribution in [0, 0.1) is 10.1 Å². The molecule has 1 saturated heterocycles. The summed E-state index contributed by atoms with van der Waals surface area (Å²) in [5.74, 6) is 0. The molecule has 0 amide bonds. The van der Waals surface area contributed by atoms with Gasteiger partial charge >= 0.3 is 0 Å². The number of nitro groups is 1. The third-order valence-electron chi connectivity index (χ3n) is 3.51. The van der Waals surface area contributed by atoms with E-state index in [-0.39, 0.29) is 17.9 Å². The van der Waals surface area contributed by atoms with E-state index < -0.39 is 10.5 Å². The Morgan fingerprint density at radius 3 is 2.70 bits per heavy atom. The van der Waals surface area contributed by atoms with Crippen molar-refractivity contribution in [1.29, 1.82) is 0 Å². The van der Waals surface area contributed by atoms with Crippen LogP contribution >= 0.6 is 0 Å². The number of nitrogens with one attached hydrogen (secondary N) is 1. The Morgan fingerprint density at radius 1 is 1.45 bits per heavy atom. The number of rotatable bonds is 5. The van der Waals surface area contributed by atoms with E-state index in [0.717, 1.165) is 0 Å². The third-order valence-corrected chi connectivity index (χ3v) is 3.51. The SMILES string of the molecule is O=Cc1ccc(NC2(CO)CCOCC2)c([N+](=O)[O-])c1. The van der Waals surface area contributed by atoms with Crippen LogP contribution in [0.25, 0.3) is 0 Å². The van der Waals surface area contributed by atoms with Crippen LogP contribution in [-0.4, -0.2) is 41.7 Å². The second-order valence-electron chi connectivity index (χ2n) is 4.83. The fourth-order valence-electron chi connectivity index (χ4n) is 2.25. The topological polar surface area (TPSA) is 102 Å². The zero-order valence-corrected chi connectivity index (χ0v) is 10.9. The molecule has 1 aliphatic rings. The molecular formula is C13H16N2O5. The van der Waals surface area contributed by atoms with E-state index in [9.17, 15) is 20.0 Å². The molecule has 0 radical (unpaired) electrons. The van der Waals surface area contributed by atoms with E-state index in [1.54, 1.807) is 0 Å². The quantitative estimate of drug-likeness (QED) is 0.479. The summed E-state index contributed by atoms with van der Waals surface area (Å²) in [5.41, 5.74) is -0.246. The number of anilines is 1. The zero-order valence-electron chi connectivity index (χ0n) is 10.9. The number of aliphatic hydroxyl groups excluding tert-OH is 1. The minimum atomic E-state index is -0.619. The summed E-state index contributed by atoms with van der Waals surface area (Å²) in [7, 11) is 0. The average Bonchev–Trinajstić information content (AvgIpc) is 2.48. The summed E-state index contributed by atoms with van der Waals surface area (Å²) < 4.78 is 5.25. The Balaban J connectivity index is 2.31. The van der Waals surface area contributed by atoms with Crippen molar-refractivity contribution in [2.45, 2.75) is 18.4 Å². The van der Waals surface area contributed by atoms with E-state index in [1.807, 2.05) is 0 Å². The molecule has 0 atom stereocenters. The summed E-state index contributed by atoms with van der Waals surface area (Å²) >= 11 is 0. The highest BCUT2D eigenvalue weighted by atomic mass is 16.6. The van der Waals surface area contributed by atoms with Crippen molar-refractivity contribution in [3.05, 3.63) is 33.9 Å². The monoisotopic (exact) mass is 280 g/mol. The molecule has 20 heavy (non-hydrogen) atoms. The van der Waals surface area contributed by atoms with Crippen molar-refractivity contribution in [2.75, 3.05) is 25.1 Å². The Bertz CT molecular complexity index is 511. The Hall–Kier alpha value is -1.99. The lowest BCUT2D eigenvalue weighted by molar-refractivity contribution is -0.384. The number of aldehydes is 1. The summed E-state index contributed by atoms with van der Waals surface area (Å²) in [6, 6.07) is 4.22. The van der Waals surface area contributed by atoms with Gasteiger partial charge in [-0.15, -0.1) is 0 Å². The molecule has 108 valence electrons. The molecule has 1 fully saturated rings. The molecule has 0 saturated carbocycles. The van der Waals surface area contributed by atoms with Gasteiger partial charge in [0.15, 0.2) is 0 Å². The number of nitro benzene ring substituents is 1. The van der Waals surface area contributed by atoms with Crippen molar-refractivity contribution >= 4 is 17.7 Å². The molecule has 1 aromatic rings. The van der Waals surface area contributed by atoms with Crippen LogP contribution in [0.4, 0.5) is 11.4 Å². The minimum Gasteiger partial charge on any atom is -0.394 e. The highest BCUT2D eigenvalue weighted by Crippen LogP contribution is 2.31. The number of ether oxygens (including phenoxy) is 1. The highest BCUT2D eigenvalue weighted by molar-refractivity contribution is 5.79. The van der Waals surface area contributed by atoms with Crippen LogP contribution in [0.15, 0.2) is 18.2 Å². The molecule has 0 aromatic heterocycles. The van der Waals surface area contributed by atoms with Gasteiger partial charge in [0.2, 0.25) is 0 Å². The van der Waals surface area contributed by atoms with Crippen LogP contribution in [0.3, 0.4) is 0 Å². The first-order valence-electron chi connectivity index (χ1n) is 6.31. The third kappa shape index (κ3) is 2.94. The molecular weight excluding hydrogens is 264 g/mol. The Labute approximate surface area is 115 Å². The number of carbonyl (C=O) groups excluding carboxylic acids is 1. The summed E-state index contributed by atoms with van der Waals surface area (Å²) in [5, 5.41) is 23.7. The molecule has 7 heteroatoms. The van der Waals surface area contributed by atoms with Gasteiger partial charge in [0.05, 0.1) is 17.1 Å². The predicted molar refractivity (Wildman–Crippen MR) is 72.0 cm³/mol. The molecule has 1 heterocycles. The fourth-order valence-corrected chi connectivity index (χ4v) is 2.25. The maximum Gasteiger partial charge on any atom is 0.293 e. The van der Waals surface area contributed by atoms with Gasteiger partial charge in [0.1, 0.15) is 12.0 Å². The number of hydrogen-bond acceptors (Lipinski definition) is 6. The molecule has 0 spiro atoms. The first-order chi connectivity index (χ1) is 9.60. The Morgan fingerprint density at radius 2 is 2.15 bits per heavy atom. The molecule has 0 bridgehead atoms. The van der Waals surface area contributed by atoms with Gasteiger partial charge < -0.3 is 15.2 Å². The van der Waals surface area contributed by atoms with E-state index in [4.69, 9.17) is 4.74 Å². The van der Waals surface area contributed by atoms with Crippen molar-refractivity contribution in [2.24, 2.45) is 0 Å². The van der Waals surface area contributed by atoms with E-state index in [2.05, 4.69) is 5.32 Å². The number of nitrogens with zero attached hydrogens (tertiary/aromatic N) is 1. The summed E-state index contributed by atoms with van der Waals surface area (Å²) in [6.07, 6.45) is 1.69. The first-order valence-corrected chi connectivity index (χ1v) is 6.31. The van der Waals surface area contributed by atoms with Crippen molar-refractivity contribution in [3.63, 3.8) is 0 Å². The van der Waals surface area contributed by atoms with Gasteiger partial charge in [-0.05, 0) is 25.0 Å². The average molecular weight is 280 g/mol. The predicted octanol–water partition coefficient (Wildman–Crippen LogP) is 1.36. The van der Waals surface area contributed by atoms with Gasteiger partial charge in [0, 0.05) is 24.8 Å². The van der Waals surface area contributed by atoms with Crippen molar-refractivity contribution in [1.82, 2.24) is 0 Å². The molecule has 1 aliphatic heterocycles. The van der Waals surface area contributed by atoms with Gasteiger partial charge in [0.25, 0.3) is 5.69 Å². The number of aliphatic hydroxyl groups is 1. The van der Waals surface area contributed by atoms with E-state index in [0.29, 0.717) is 38.0 Å². The second kappa shape index (κ2) is 5.98. The Kier molecular flexibility index (Phi) is 4.31. The molecule has 0 unspecified atom stereocenters. The normalized spacial score (nSPS) is 17.4. The minimum absolute atomic E-state index is 0.136. The number of carbonyl (C=O) groups is 1. The van der Waals surface area contributed by atoms with Crippen molar-refractivity contribution < 1.29 is 19.6 Å². The summed E-state index contributed by atoms with van der Waals surface area (Å²) in [6.45, 7) is 0.852. The lowest BCUT2D eigenvalue weighted by atomic mass is 9.90. The largest absolute Gasteiger partial charge is 0.394 e. The lowest BCUT2D eigenvalue weighted by Gasteiger charge is -2.37. The maximum absolute atomic E-state index is 11.1. The van der Waals surface area contributed by atoms with E-state index in [1.165, 1.54) is 18.2 Å². The molecule has 7 nitrogen and oxygen atoms in total. The van der Waals surface area contributed by atoms with Gasteiger partial charge in [-0.25, -0.2) is 0 Å². The van der Waals surface area contributed by atoms with Gasteiger partial charge in [-0.3, -0.25) is 14.9 Å². The molecule has 1 aromatic carbocycles. The smallest absolute Gasteiger partial charge is 0.293 e. The highest BCUT2D eigenvalue weighted by Gasteiger charge is 2.33. The van der Waals surface area contributed by atoms with Gasteiger partial charge in [-0.2, -0.15) is 0 Å².